The van der Waals surface area contributed by atoms with Crippen molar-refractivity contribution in [2.75, 3.05) is 12.9 Å². The Labute approximate surface area is 134 Å². The molecule has 0 saturated heterocycles. The number of ether oxygens (including phenoxy) is 1. The van der Waals surface area contributed by atoms with Crippen LogP contribution >= 0.6 is 15.9 Å². The maximum absolute atomic E-state index is 12.0. The van der Waals surface area contributed by atoms with Crippen molar-refractivity contribution < 1.29 is 18.2 Å². The van der Waals surface area contributed by atoms with Crippen LogP contribution in [0.25, 0.3) is 11.0 Å². The molecule has 1 aromatic carbocycles. The fourth-order valence-electron chi connectivity index (χ4n) is 2.04. The van der Waals surface area contributed by atoms with E-state index in [1.807, 2.05) is 19.1 Å². The Morgan fingerprint density at radius 3 is 2.86 bits per heavy atom. The van der Waals surface area contributed by atoms with Crippen LogP contribution in [-0.4, -0.2) is 23.0 Å². The SMILES string of the molecule is CCCCOC(=O)Cc1oc2ccc(Br)cc2c1[S@@](C)=O. The summed E-state index contributed by atoms with van der Waals surface area (Å²) in [4.78, 5) is 12.4. The van der Waals surface area contributed by atoms with Crippen molar-refractivity contribution >= 4 is 43.7 Å². The zero-order chi connectivity index (χ0) is 15.4. The first kappa shape index (κ1) is 16.2. The van der Waals surface area contributed by atoms with Gasteiger partial charge in [0.15, 0.2) is 0 Å². The second kappa shape index (κ2) is 7.22. The van der Waals surface area contributed by atoms with Crippen molar-refractivity contribution in [1.82, 2.24) is 0 Å². The van der Waals surface area contributed by atoms with Gasteiger partial charge in [0, 0.05) is 16.1 Å². The molecule has 114 valence electrons. The van der Waals surface area contributed by atoms with Crippen LogP contribution in [0.1, 0.15) is 25.5 Å². The number of hydrogen-bond acceptors (Lipinski definition) is 4. The van der Waals surface area contributed by atoms with Crippen molar-refractivity contribution in [2.45, 2.75) is 31.1 Å². The molecule has 0 radical (unpaired) electrons. The number of esters is 1. The van der Waals surface area contributed by atoms with E-state index in [0.717, 1.165) is 22.7 Å². The highest BCUT2D eigenvalue weighted by atomic mass is 79.9. The highest BCUT2D eigenvalue weighted by Crippen LogP contribution is 2.31. The van der Waals surface area contributed by atoms with E-state index in [9.17, 15) is 9.00 Å². The summed E-state index contributed by atoms with van der Waals surface area (Å²) >= 11 is 3.39. The van der Waals surface area contributed by atoms with Gasteiger partial charge in [-0.2, -0.15) is 0 Å². The Hall–Kier alpha value is -1.14. The lowest BCUT2D eigenvalue weighted by atomic mass is 10.2. The van der Waals surface area contributed by atoms with Crippen LogP contribution in [0.4, 0.5) is 0 Å². The molecule has 1 atom stereocenters. The molecule has 0 amide bonds. The predicted octanol–water partition coefficient (Wildman–Crippen LogP) is 3.82. The molecule has 2 rings (SSSR count). The second-order valence-electron chi connectivity index (χ2n) is 4.70. The van der Waals surface area contributed by atoms with Gasteiger partial charge in [0.1, 0.15) is 17.8 Å². The highest BCUT2D eigenvalue weighted by molar-refractivity contribution is 9.10. The van der Waals surface area contributed by atoms with E-state index in [1.54, 1.807) is 12.3 Å². The number of rotatable bonds is 6. The molecule has 1 heterocycles. The first-order valence-corrected chi connectivity index (χ1v) is 9.08. The lowest BCUT2D eigenvalue weighted by Crippen LogP contribution is -2.09. The molecule has 6 heteroatoms. The Balaban J connectivity index is 2.28. The van der Waals surface area contributed by atoms with Gasteiger partial charge in [-0.15, -0.1) is 0 Å². The normalized spacial score (nSPS) is 12.5. The van der Waals surface area contributed by atoms with Crippen molar-refractivity contribution in [3.05, 3.63) is 28.4 Å². The monoisotopic (exact) mass is 372 g/mol. The van der Waals surface area contributed by atoms with Gasteiger partial charge in [-0.1, -0.05) is 29.3 Å². The molecule has 0 saturated carbocycles. The Kier molecular flexibility index (Phi) is 5.58. The smallest absolute Gasteiger partial charge is 0.313 e. The van der Waals surface area contributed by atoms with Gasteiger partial charge >= 0.3 is 5.97 Å². The van der Waals surface area contributed by atoms with Crippen LogP contribution in [0, 0.1) is 0 Å². The standard InChI is InChI=1S/C15H17BrO4S/c1-3-4-7-19-14(17)9-13-15(21(2)18)11-8-10(16)5-6-12(11)20-13/h5-6,8H,3-4,7,9H2,1-2H3/t21-/m1/s1. The summed E-state index contributed by atoms with van der Waals surface area (Å²) in [6.45, 7) is 2.44. The zero-order valence-electron chi connectivity index (χ0n) is 12.0. The van der Waals surface area contributed by atoms with Crippen molar-refractivity contribution in [3.8, 4) is 0 Å². The number of benzene rings is 1. The molecule has 0 N–H and O–H groups in total. The van der Waals surface area contributed by atoms with E-state index in [1.165, 1.54) is 0 Å². The van der Waals surface area contributed by atoms with E-state index in [0.29, 0.717) is 22.8 Å². The van der Waals surface area contributed by atoms with Crippen LogP contribution in [0.15, 0.2) is 32.0 Å². The Morgan fingerprint density at radius 2 is 2.19 bits per heavy atom. The molecule has 0 unspecified atom stereocenters. The van der Waals surface area contributed by atoms with Crippen molar-refractivity contribution in [1.29, 1.82) is 0 Å². The van der Waals surface area contributed by atoms with E-state index in [-0.39, 0.29) is 12.4 Å². The van der Waals surface area contributed by atoms with E-state index in [4.69, 9.17) is 9.15 Å². The van der Waals surface area contributed by atoms with Gasteiger partial charge in [-0.25, -0.2) is 0 Å². The fourth-order valence-corrected chi connectivity index (χ4v) is 3.31. The average Bonchev–Trinajstić information content (AvgIpc) is 2.76. The third-order valence-electron chi connectivity index (χ3n) is 3.03. The fraction of sp³-hybridized carbons (Fsp3) is 0.400. The number of carbonyl (C=O) groups is 1. The molecular weight excluding hydrogens is 356 g/mol. The first-order valence-electron chi connectivity index (χ1n) is 6.73. The summed E-state index contributed by atoms with van der Waals surface area (Å²) in [5, 5.41) is 0.765. The first-order chi connectivity index (χ1) is 10.0. The average molecular weight is 373 g/mol. The van der Waals surface area contributed by atoms with Crippen molar-refractivity contribution in [2.24, 2.45) is 0 Å². The molecular formula is C15H17BrO4S. The highest BCUT2D eigenvalue weighted by Gasteiger charge is 2.20. The van der Waals surface area contributed by atoms with Crippen molar-refractivity contribution in [3.63, 3.8) is 0 Å². The molecule has 4 nitrogen and oxygen atoms in total. The zero-order valence-corrected chi connectivity index (χ0v) is 14.4. The largest absolute Gasteiger partial charge is 0.465 e. The minimum Gasteiger partial charge on any atom is -0.465 e. The summed E-state index contributed by atoms with van der Waals surface area (Å²) in [5.74, 6) is 0.0682. The van der Waals surface area contributed by atoms with E-state index >= 15 is 0 Å². The molecule has 0 aliphatic heterocycles. The lowest BCUT2D eigenvalue weighted by Gasteiger charge is -2.03. The minimum absolute atomic E-state index is 0.00489. The number of halogens is 1. The van der Waals surface area contributed by atoms with Crippen LogP contribution in [0.5, 0.6) is 0 Å². The van der Waals surface area contributed by atoms with Gasteiger partial charge < -0.3 is 9.15 Å². The molecule has 0 fully saturated rings. The lowest BCUT2D eigenvalue weighted by molar-refractivity contribution is -0.143. The van der Waals surface area contributed by atoms with Crippen LogP contribution in [0.2, 0.25) is 0 Å². The van der Waals surface area contributed by atoms with Gasteiger partial charge in [0.2, 0.25) is 0 Å². The summed E-state index contributed by atoms with van der Waals surface area (Å²) in [6.07, 6.45) is 3.39. The number of fused-ring (bicyclic) bond motifs is 1. The van der Waals surface area contributed by atoms with Gasteiger partial charge in [-0.05, 0) is 24.6 Å². The minimum atomic E-state index is -1.24. The molecule has 0 bridgehead atoms. The molecule has 0 aliphatic rings. The van der Waals surface area contributed by atoms with Crippen LogP contribution in [-0.2, 0) is 26.8 Å². The quantitative estimate of drug-likeness (QED) is 0.571. The van der Waals surface area contributed by atoms with Gasteiger partial charge in [0.05, 0.1) is 22.3 Å². The van der Waals surface area contributed by atoms with Crippen LogP contribution < -0.4 is 0 Å². The van der Waals surface area contributed by atoms with E-state index < -0.39 is 10.8 Å². The third-order valence-corrected chi connectivity index (χ3v) is 4.54. The molecule has 1 aromatic heterocycles. The molecule has 21 heavy (non-hydrogen) atoms. The number of carbonyl (C=O) groups excluding carboxylic acids is 1. The van der Waals surface area contributed by atoms with Gasteiger partial charge in [0.25, 0.3) is 0 Å². The maximum Gasteiger partial charge on any atom is 0.313 e. The number of unbranched alkanes of at least 4 members (excludes halogenated alkanes) is 1. The summed E-state index contributed by atoms with van der Waals surface area (Å²) in [6, 6.07) is 5.49. The topological polar surface area (TPSA) is 56.5 Å². The maximum atomic E-state index is 12.0. The number of furan rings is 1. The second-order valence-corrected chi connectivity index (χ2v) is 6.93. The Bertz CT molecular complexity index is 678. The third kappa shape index (κ3) is 3.95. The van der Waals surface area contributed by atoms with Crippen LogP contribution in [0.3, 0.4) is 0 Å². The number of hydrogen-bond donors (Lipinski definition) is 0. The van der Waals surface area contributed by atoms with E-state index in [2.05, 4.69) is 15.9 Å². The Morgan fingerprint density at radius 1 is 1.43 bits per heavy atom. The van der Waals surface area contributed by atoms with Gasteiger partial charge in [-0.3, -0.25) is 9.00 Å². The summed E-state index contributed by atoms with van der Waals surface area (Å²) in [7, 11) is -1.24. The summed E-state index contributed by atoms with van der Waals surface area (Å²) in [5.41, 5.74) is 0.625. The molecule has 0 spiro atoms. The molecule has 2 aromatic rings. The predicted molar refractivity (Wildman–Crippen MR) is 85.8 cm³/mol. The molecule has 0 aliphatic carbocycles. The summed E-state index contributed by atoms with van der Waals surface area (Å²) < 4.78 is 23.7.